The van der Waals surface area contributed by atoms with Gasteiger partial charge in [0.25, 0.3) is 11.8 Å². The minimum Gasteiger partial charge on any atom is -0.392 e. The summed E-state index contributed by atoms with van der Waals surface area (Å²) in [5.74, 6) is 0.133. The fourth-order valence-electron chi connectivity index (χ4n) is 8.94. The zero-order valence-electron chi connectivity index (χ0n) is 44.9. The predicted molar refractivity (Wildman–Crippen MR) is 289 cm³/mol. The fourth-order valence-corrected chi connectivity index (χ4v) is 8.94. The van der Waals surface area contributed by atoms with Crippen molar-refractivity contribution in [1.29, 1.82) is 0 Å². The molecule has 0 aliphatic carbocycles. The number of unbranched alkanes of at least 4 members (excludes halogenated alkanes) is 31. The molecule has 0 fully saturated rings. The second-order valence-electron chi connectivity index (χ2n) is 20.1. The molecule has 0 spiro atoms. The van der Waals surface area contributed by atoms with Gasteiger partial charge in [-0.25, -0.2) is 0 Å². The van der Waals surface area contributed by atoms with Gasteiger partial charge in [-0.3, -0.25) is 9.59 Å². The van der Waals surface area contributed by atoms with Crippen molar-refractivity contribution in [3.63, 3.8) is 0 Å². The monoisotopic (exact) mass is 934 g/mol. The van der Waals surface area contributed by atoms with E-state index < -0.39 is 0 Å². The molecule has 2 aromatic carbocycles. The standard InChI is InChI=1S/C33H60N2O2.C27H47NO2/c1-5-6-7-8-9-10-11-12-13-14-15-16-17-18-19-22-28-35(4)33(36)32-26-21-20-25-31(32)30-37-29-24-23-27-34(2)3;1-3-4-5-6-7-8-9-10-11-12-13-14-15-16-17-20-23-28(2)27(30)26-22-19-18-21-25(26)24-29/h20-21,25-26H,5-19,22-24,27-30H2,1-4H3;18-19,21-22,29H,3-17,20,23-24H2,1-2H3. The molecule has 2 amide bonds. The van der Waals surface area contributed by atoms with Gasteiger partial charge in [0, 0.05) is 44.9 Å². The van der Waals surface area contributed by atoms with E-state index in [0.29, 0.717) is 17.7 Å². The number of carbonyl (C=O) groups is 2. The highest BCUT2D eigenvalue weighted by atomic mass is 16.5. The molecule has 7 heteroatoms. The van der Waals surface area contributed by atoms with Gasteiger partial charge < -0.3 is 24.5 Å². The molecule has 0 aliphatic rings. The Morgan fingerprint density at radius 2 is 0.701 bits per heavy atom. The molecule has 7 nitrogen and oxygen atoms in total. The molecule has 0 saturated heterocycles. The van der Waals surface area contributed by atoms with E-state index in [4.69, 9.17) is 4.74 Å². The van der Waals surface area contributed by atoms with Crippen LogP contribution in [0.5, 0.6) is 0 Å². The number of hydrogen-bond donors (Lipinski definition) is 1. The van der Waals surface area contributed by atoms with Crippen LogP contribution in [0.15, 0.2) is 48.5 Å². The first kappa shape index (κ1) is 62.3. The van der Waals surface area contributed by atoms with Crippen molar-refractivity contribution in [2.75, 3.05) is 54.4 Å². The van der Waals surface area contributed by atoms with E-state index in [1.807, 2.05) is 61.5 Å². The van der Waals surface area contributed by atoms with E-state index in [1.165, 1.54) is 193 Å². The summed E-state index contributed by atoms with van der Waals surface area (Å²) in [4.78, 5) is 31.4. The average molecular weight is 935 g/mol. The van der Waals surface area contributed by atoms with E-state index in [2.05, 4.69) is 32.8 Å². The summed E-state index contributed by atoms with van der Waals surface area (Å²) in [6.07, 6.45) is 45.8. The lowest BCUT2D eigenvalue weighted by Crippen LogP contribution is -2.28. The molecule has 0 bridgehead atoms. The van der Waals surface area contributed by atoms with E-state index in [9.17, 15) is 14.7 Å². The summed E-state index contributed by atoms with van der Waals surface area (Å²) < 4.78 is 5.88. The zero-order valence-corrected chi connectivity index (χ0v) is 44.9. The maximum atomic E-state index is 13.0. The third kappa shape index (κ3) is 35.1. The second-order valence-corrected chi connectivity index (χ2v) is 20.1. The maximum absolute atomic E-state index is 13.0. The van der Waals surface area contributed by atoms with Gasteiger partial charge >= 0.3 is 0 Å². The summed E-state index contributed by atoms with van der Waals surface area (Å²) in [6.45, 7) is 8.44. The highest BCUT2D eigenvalue weighted by Crippen LogP contribution is 2.18. The number of ether oxygens (including phenoxy) is 1. The van der Waals surface area contributed by atoms with Gasteiger partial charge in [-0.1, -0.05) is 243 Å². The lowest BCUT2D eigenvalue weighted by molar-refractivity contribution is 0.0777. The SMILES string of the molecule is CCCCCCCCCCCCCCCCCCN(C)C(=O)c1ccccc1CO.CCCCCCCCCCCCCCCCCCN(C)C(=O)c1ccccc1COCCCCN(C)C. The number of amides is 2. The number of aliphatic hydroxyl groups excluding tert-OH is 1. The van der Waals surface area contributed by atoms with Crippen molar-refractivity contribution < 1.29 is 19.4 Å². The third-order valence-electron chi connectivity index (χ3n) is 13.5. The van der Waals surface area contributed by atoms with Gasteiger partial charge in [-0.2, -0.15) is 0 Å². The van der Waals surface area contributed by atoms with Crippen molar-refractivity contribution in [3.8, 4) is 0 Å². The molecule has 0 aromatic heterocycles. The molecular formula is C60H107N3O4. The van der Waals surface area contributed by atoms with Gasteiger partial charge in [0.2, 0.25) is 0 Å². The van der Waals surface area contributed by atoms with E-state index in [-0.39, 0.29) is 18.4 Å². The van der Waals surface area contributed by atoms with E-state index in [0.717, 1.165) is 63.1 Å². The van der Waals surface area contributed by atoms with Crippen LogP contribution < -0.4 is 0 Å². The number of nitrogens with zero attached hydrogens (tertiary/aromatic N) is 3. The molecule has 0 heterocycles. The molecule has 67 heavy (non-hydrogen) atoms. The molecular weight excluding hydrogens is 827 g/mol. The minimum atomic E-state index is -0.0885. The van der Waals surface area contributed by atoms with Crippen molar-refractivity contribution >= 4 is 11.8 Å². The van der Waals surface area contributed by atoms with Crippen LogP contribution >= 0.6 is 0 Å². The molecule has 0 unspecified atom stereocenters. The highest BCUT2D eigenvalue weighted by molar-refractivity contribution is 5.96. The zero-order chi connectivity index (χ0) is 48.8. The second kappa shape index (κ2) is 45.7. The smallest absolute Gasteiger partial charge is 0.253 e. The van der Waals surface area contributed by atoms with Gasteiger partial charge in [-0.15, -0.1) is 0 Å². The van der Waals surface area contributed by atoms with E-state index >= 15 is 0 Å². The van der Waals surface area contributed by atoms with Crippen LogP contribution in [0.2, 0.25) is 0 Å². The van der Waals surface area contributed by atoms with Crippen molar-refractivity contribution in [2.24, 2.45) is 0 Å². The Kier molecular flexibility index (Phi) is 42.5. The number of rotatable bonds is 44. The molecule has 0 saturated carbocycles. The predicted octanol–water partition coefficient (Wildman–Crippen LogP) is 16.4. The van der Waals surface area contributed by atoms with Gasteiger partial charge in [-0.05, 0) is 69.6 Å². The molecule has 0 aliphatic heterocycles. The Labute approximate surface area is 415 Å². The third-order valence-corrected chi connectivity index (χ3v) is 13.5. The first-order chi connectivity index (χ1) is 32.8. The Balaban J connectivity index is 0.000000685. The Morgan fingerprint density at radius 3 is 1.04 bits per heavy atom. The summed E-state index contributed by atoms with van der Waals surface area (Å²) >= 11 is 0. The van der Waals surface area contributed by atoms with Crippen LogP contribution in [0, 0.1) is 0 Å². The van der Waals surface area contributed by atoms with Crippen LogP contribution in [0.1, 0.15) is 264 Å². The van der Waals surface area contributed by atoms with Crippen LogP contribution in [-0.2, 0) is 18.0 Å². The highest BCUT2D eigenvalue weighted by Gasteiger charge is 2.16. The fraction of sp³-hybridized carbons (Fsp3) is 0.767. The van der Waals surface area contributed by atoms with Crippen LogP contribution in [0.3, 0.4) is 0 Å². The lowest BCUT2D eigenvalue weighted by Gasteiger charge is -2.19. The quantitative estimate of drug-likeness (QED) is 0.0670. The summed E-state index contributed by atoms with van der Waals surface area (Å²) in [5.41, 5.74) is 3.12. The van der Waals surface area contributed by atoms with Gasteiger partial charge in [0.05, 0.1) is 13.2 Å². The number of carbonyl (C=O) groups excluding carboxylic acids is 2. The summed E-state index contributed by atoms with van der Waals surface area (Å²) in [7, 11) is 7.99. The first-order valence-corrected chi connectivity index (χ1v) is 28.3. The van der Waals surface area contributed by atoms with Crippen LogP contribution in [0.25, 0.3) is 0 Å². The van der Waals surface area contributed by atoms with Crippen LogP contribution in [0.4, 0.5) is 0 Å². The number of benzene rings is 2. The van der Waals surface area contributed by atoms with Gasteiger partial charge in [0.1, 0.15) is 0 Å². The number of hydrogen-bond acceptors (Lipinski definition) is 5. The molecule has 0 atom stereocenters. The first-order valence-electron chi connectivity index (χ1n) is 28.3. The Bertz CT molecular complexity index is 1420. The van der Waals surface area contributed by atoms with E-state index in [1.54, 1.807) is 11.0 Å². The molecule has 386 valence electrons. The minimum absolute atomic E-state index is 0.0145. The maximum Gasteiger partial charge on any atom is 0.253 e. The van der Waals surface area contributed by atoms with Crippen LogP contribution in [-0.4, -0.2) is 86.1 Å². The summed E-state index contributed by atoms with van der Waals surface area (Å²) in [6, 6.07) is 15.3. The van der Waals surface area contributed by atoms with Gasteiger partial charge in [0.15, 0.2) is 0 Å². The molecule has 2 rings (SSSR count). The molecule has 2 aromatic rings. The summed E-state index contributed by atoms with van der Waals surface area (Å²) in [5, 5.41) is 9.40. The number of aliphatic hydroxyl groups is 1. The Hall–Kier alpha value is -2.74. The molecule has 0 radical (unpaired) electrons. The lowest BCUT2D eigenvalue weighted by atomic mass is 10.0. The van der Waals surface area contributed by atoms with Crippen molar-refractivity contribution in [3.05, 3.63) is 70.8 Å². The van der Waals surface area contributed by atoms with Crippen molar-refractivity contribution in [1.82, 2.24) is 14.7 Å². The topological polar surface area (TPSA) is 73.3 Å². The average Bonchev–Trinajstić information content (AvgIpc) is 3.34. The molecule has 1 N–H and O–H groups in total. The largest absolute Gasteiger partial charge is 0.392 e. The Morgan fingerprint density at radius 1 is 0.403 bits per heavy atom. The normalized spacial score (nSPS) is 11.2. The van der Waals surface area contributed by atoms with Crippen molar-refractivity contribution in [2.45, 2.75) is 245 Å².